The summed E-state index contributed by atoms with van der Waals surface area (Å²) in [6.07, 6.45) is 3.06. The minimum Gasteiger partial charge on any atom is -0.497 e. The van der Waals surface area contributed by atoms with Gasteiger partial charge in [0.2, 0.25) is 17.7 Å². The van der Waals surface area contributed by atoms with Crippen molar-refractivity contribution >= 4 is 17.7 Å². The van der Waals surface area contributed by atoms with E-state index in [1.54, 1.807) is 26.1 Å². The molecule has 0 radical (unpaired) electrons. The Labute approximate surface area is 180 Å². The van der Waals surface area contributed by atoms with E-state index in [1.165, 1.54) is 4.90 Å². The van der Waals surface area contributed by atoms with Crippen LogP contribution in [0.25, 0.3) is 0 Å². The van der Waals surface area contributed by atoms with Crippen molar-refractivity contribution in [2.24, 2.45) is 0 Å². The Morgan fingerprint density at radius 3 is 2.10 bits per heavy atom. The number of hydrogen-bond acceptors (Lipinski definition) is 4. The molecule has 168 valence electrons. The van der Waals surface area contributed by atoms with Crippen molar-refractivity contribution in [1.82, 2.24) is 15.1 Å². The highest BCUT2D eigenvalue weighted by atomic mass is 16.5. The molecule has 7 nitrogen and oxygen atoms in total. The fraction of sp³-hybridized carbons (Fsp3) is 0.609. The Hall–Kier alpha value is -2.57. The van der Waals surface area contributed by atoms with Crippen LogP contribution in [0, 0.1) is 0 Å². The average molecular weight is 420 g/mol. The molecule has 0 bridgehead atoms. The zero-order valence-electron chi connectivity index (χ0n) is 19.1. The largest absolute Gasteiger partial charge is 0.497 e. The molecule has 1 rings (SSSR count). The van der Waals surface area contributed by atoms with E-state index in [4.69, 9.17) is 4.74 Å². The second-order valence-corrected chi connectivity index (χ2v) is 7.62. The average Bonchev–Trinajstić information content (AvgIpc) is 2.74. The topological polar surface area (TPSA) is 79.0 Å². The van der Waals surface area contributed by atoms with Crippen LogP contribution in [0.4, 0.5) is 0 Å². The van der Waals surface area contributed by atoms with Crippen LogP contribution in [0.15, 0.2) is 24.3 Å². The van der Waals surface area contributed by atoms with Gasteiger partial charge >= 0.3 is 0 Å². The van der Waals surface area contributed by atoms with E-state index >= 15 is 0 Å². The Balaban J connectivity index is 2.76. The molecule has 1 aromatic rings. The number of nitrogens with one attached hydrogen (secondary N) is 1. The lowest BCUT2D eigenvalue weighted by Gasteiger charge is -2.27. The second kappa shape index (κ2) is 13.6. The van der Waals surface area contributed by atoms with Gasteiger partial charge in [-0.1, -0.05) is 26.0 Å². The Bertz CT molecular complexity index is 668. The summed E-state index contributed by atoms with van der Waals surface area (Å²) in [6, 6.07) is 6.89. The molecule has 1 unspecified atom stereocenters. The maximum atomic E-state index is 13.1. The number of methoxy groups -OCH3 is 1. The third-order valence-corrected chi connectivity index (χ3v) is 4.88. The smallest absolute Gasteiger partial charge is 0.245 e. The van der Waals surface area contributed by atoms with Crippen molar-refractivity contribution in [3.8, 4) is 5.75 Å². The van der Waals surface area contributed by atoms with Crippen LogP contribution in [-0.4, -0.2) is 67.9 Å². The summed E-state index contributed by atoms with van der Waals surface area (Å²) >= 11 is 0. The fourth-order valence-corrected chi connectivity index (χ4v) is 3.16. The van der Waals surface area contributed by atoms with Crippen LogP contribution in [-0.2, 0) is 20.8 Å². The molecule has 0 aliphatic heterocycles. The maximum Gasteiger partial charge on any atom is 0.245 e. The summed E-state index contributed by atoms with van der Waals surface area (Å²) in [5.41, 5.74) is 1.02. The zero-order valence-corrected chi connectivity index (χ0v) is 19.1. The first-order chi connectivity index (χ1) is 14.3. The Kier molecular flexibility index (Phi) is 11.6. The van der Waals surface area contributed by atoms with Crippen molar-refractivity contribution in [2.75, 3.05) is 34.3 Å². The maximum absolute atomic E-state index is 13.1. The van der Waals surface area contributed by atoms with Crippen molar-refractivity contribution in [1.29, 1.82) is 0 Å². The molecule has 0 aliphatic carbocycles. The molecular formula is C23H37N3O4. The molecule has 0 saturated heterocycles. The summed E-state index contributed by atoms with van der Waals surface area (Å²) in [7, 11) is 4.99. The molecule has 1 N–H and O–H groups in total. The number of aryl methyl sites for hydroxylation is 1. The van der Waals surface area contributed by atoms with Crippen LogP contribution in [0.1, 0.15) is 51.5 Å². The zero-order chi connectivity index (χ0) is 22.5. The van der Waals surface area contributed by atoms with Crippen LogP contribution in [0.5, 0.6) is 5.75 Å². The highest BCUT2D eigenvalue weighted by Crippen LogP contribution is 2.13. The first-order valence-electron chi connectivity index (χ1n) is 10.7. The lowest BCUT2D eigenvalue weighted by atomic mass is 10.1. The van der Waals surface area contributed by atoms with Crippen molar-refractivity contribution in [3.63, 3.8) is 0 Å². The molecule has 0 spiro atoms. The van der Waals surface area contributed by atoms with E-state index in [9.17, 15) is 14.4 Å². The molecular weight excluding hydrogens is 382 g/mol. The van der Waals surface area contributed by atoms with E-state index in [0.29, 0.717) is 25.9 Å². The van der Waals surface area contributed by atoms with Gasteiger partial charge in [-0.05, 0) is 43.4 Å². The highest BCUT2D eigenvalue weighted by Gasteiger charge is 2.26. The number of carbonyl (C=O) groups excluding carboxylic acids is 3. The van der Waals surface area contributed by atoms with E-state index in [2.05, 4.69) is 5.32 Å². The monoisotopic (exact) mass is 419 g/mol. The van der Waals surface area contributed by atoms with Gasteiger partial charge in [0.15, 0.2) is 0 Å². The normalized spacial score (nSPS) is 11.5. The Morgan fingerprint density at radius 2 is 1.60 bits per heavy atom. The molecule has 0 fully saturated rings. The third kappa shape index (κ3) is 8.84. The summed E-state index contributed by atoms with van der Waals surface area (Å²) < 4.78 is 5.15. The predicted octanol–water partition coefficient (Wildman–Crippen LogP) is 2.63. The van der Waals surface area contributed by atoms with Gasteiger partial charge in [0.1, 0.15) is 11.8 Å². The molecule has 0 aliphatic rings. The number of nitrogens with zero attached hydrogens (tertiary/aromatic N) is 2. The molecule has 30 heavy (non-hydrogen) atoms. The van der Waals surface area contributed by atoms with E-state index in [-0.39, 0.29) is 30.6 Å². The molecule has 0 saturated carbocycles. The third-order valence-electron chi connectivity index (χ3n) is 4.88. The highest BCUT2D eigenvalue weighted by molar-refractivity contribution is 5.88. The SMILES string of the molecule is CCCN(CCC)C(=O)C(CCC(=O)N(C)C)NC(=O)CCc1ccc(OC)cc1. The minimum atomic E-state index is -0.685. The van der Waals surface area contributed by atoms with Crippen LogP contribution >= 0.6 is 0 Å². The van der Waals surface area contributed by atoms with Crippen LogP contribution in [0.3, 0.4) is 0 Å². The van der Waals surface area contributed by atoms with Gasteiger partial charge in [-0.2, -0.15) is 0 Å². The van der Waals surface area contributed by atoms with Crippen LogP contribution in [0.2, 0.25) is 0 Å². The van der Waals surface area contributed by atoms with Gasteiger partial charge in [0, 0.05) is 40.0 Å². The molecule has 1 atom stereocenters. The lowest BCUT2D eigenvalue weighted by Crippen LogP contribution is -2.49. The van der Waals surface area contributed by atoms with E-state index in [1.807, 2.05) is 38.1 Å². The number of benzene rings is 1. The number of hydrogen-bond donors (Lipinski definition) is 1. The summed E-state index contributed by atoms with van der Waals surface area (Å²) in [5.74, 6) is 0.418. The predicted molar refractivity (Wildman–Crippen MR) is 118 cm³/mol. The second-order valence-electron chi connectivity index (χ2n) is 7.62. The number of ether oxygens (including phenoxy) is 1. The number of amides is 3. The first kappa shape index (κ1) is 25.5. The standard InChI is InChI=1S/C23H37N3O4/c1-6-16-26(17-7-2)23(29)20(13-15-22(28)25(3)4)24-21(27)14-10-18-8-11-19(30-5)12-9-18/h8-9,11-12,20H,6-7,10,13-17H2,1-5H3,(H,24,27). The van der Waals surface area contributed by atoms with Gasteiger partial charge in [0.25, 0.3) is 0 Å². The van der Waals surface area contributed by atoms with Crippen LogP contribution < -0.4 is 10.1 Å². The first-order valence-corrected chi connectivity index (χ1v) is 10.7. The van der Waals surface area contributed by atoms with E-state index < -0.39 is 6.04 Å². The fourth-order valence-electron chi connectivity index (χ4n) is 3.16. The molecule has 0 aromatic heterocycles. The molecule has 7 heteroatoms. The van der Waals surface area contributed by atoms with Gasteiger partial charge in [-0.15, -0.1) is 0 Å². The Morgan fingerprint density at radius 1 is 1.00 bits per heavy atom. The lowest BCUT2D eigenvalue weighted by molar-refractivity contribution is -0.137. The van der Waals surface area contributed by atoms with Crippen molar-refractivity contribution < 1.29 is 19.1 Å². The molecule has 0 heterocycles. The quantitative estimate of drug-likeness (QED) is 0.533. The number of carbonyl (C=O) groups is 3. The minimum absolute atomic E-state index is 0.0576. The van der Waals surface area contributed by atoms with Crippen molar-refractivity contribution in [2.45, 2.75) is 58.4 Å². The molecule has 1 aromatic carbocycles. The van der Waals surface area contributed by atoms with Gasteiger partial charge in [0.05, 0.1) is 7.11 Å². The van der Waals surface area contributed by atoms with Crippen molar-refractivity contribution in [3.05, 3.63) is 29.8 Å². The molecule has 3 amide bonds. The van der Waals surface area contributed by atoms with Gasteiger partial charge in [-0.25, -0.2) is 0 Å². The number of rotatable bonds is 13. The van der Waals surface area contributed by atoms with Gasteiger partial charge < -0.3 is 19.9 Å². The summed E-state index contributed by atoms with van der Waals surface area (Å²) in [4.78, 5) is 40.9. The van der Waals surface area contributed by atoms with E-state index in [0.717, 1.165) is 24.2 Å². The summed E-state index contributed by atoms with van der Waals surface area (Å²) in [5, 5.41) is 2.88. The van der Waals surface area contributed by atoms with Gasteiger partial charge in [-0.3, -0.25) is 14.4 Å². The summed E-state index contributed by atoms with van der Waals surface area (Å²) in [6.45, 7) is 5.33.